The number of fused-ring (bicyclic) bond motifs is 1. The van der Waals surface area contributed by atoms with Crippen LogP contribution in [-0.2, 0) is 21.9 Å². The summed E-state index contributed by atoms with van der Waals surface area (Å²) in [5.41, 5.74) is 4.31. The van der Waals surface area contributed by atoms with Gasteiger partial charge in [-0.2, -0.15) is 18.2 Å². The first-order chi connectivity index (χ1) is 21.0. The number of aryl methyl sites for hydroxylation is 2. The standard InChI is InChI=1S/C26H25FN8O2S.C2HF3O2/c1-16-4-7-19(14-23(16)38(28,36)37)30-25-29-13-12-24(33-25)34(2)20-10-11-22-21(15-20)32-26(35(22)3)31-18-8-5-17(27)6-9-18;3-2(4,5)1(6)7/h4-15H,1-3H3,(H,31,32)(H2,28,36,37)(H,29,30,33);(H,6,7). The average molecular weight is 647 g/mol. The second kappa shape index (κ2) is 12.7. The van der Waals surface area contributed by atoms with Crippen molar-refractivity contribution < 1.29 is 35.9 Å². The first-order valence-electron chi connectivity index (χ1n) is 12.8. The molecular weight excluding hydrogens is 620 g/mol. The lowest BCUT2D eigenvalue weighted by atomic mass is 10.2. The van der Waals surface area contributed by atoms with E-state index < -0.39 is 22.2 Å². The number of benzene rings is 3. The zero-order valence-corrected chi connectivity index (χ0v) is 24.7. The number of hydrogen-bond donors (Lipinski definition) is 4. The summed E-state index contributed by atoms with van der Waals surface area (Å²) in [6, 6.07) is 18.6. The number of carboxylic acid groups (broad SMARTS) is 1. The molecule has 0 aliphatic carbocycles. The molecule has 0 spiro atoms. The largest absolute Gasteiger partial charge is 0.490 e. The topological polar surface area (TPSA) is 168 Å². The highest BCUT2D eigenvalue weighted by molar-refractivity contribution is 7.89. The van der Waals surface area contributed by atoms with Gasteiger partial charge in [0.2, 0.25) is 21.9 Å². The van der Waals surface area contributed by atoms with Gasteiger partial charge in [-0.15, -0.1) is 0 Å². The van der Waals surface area contributed by atoms with Gasteiger partial charge in [-0.1, -0.05) is 6.07 Å². The molecule has 17 heteroatoms. The van der Waals surface area contributed by atoms with Gasteiger partial charge in [0.1, 0.15) is 11.6 Å². The minimum absolute atomic E-state index is 0.0349. The van der Waals surface area contributed by atoms with Crippen molar-refractivity contribution in [2.24, 2.45) is 12.2 Å². The van der Waals surface area contributed by atoms with E-state index in [0.717, 1.165) is 22.4 Å². The second-order valence-electron chi connectivity index (χ2n) is 9.55. The van der Waals surface area contributed by atoms with E-state index in [1.54, 1.807) is 43.5 Å². The third kappa shape index (κ3) is 8.01. The van der Waals surface area contributed by atoms with E-state index in [2.05, 4.69) is 20.6 Å². The van der Waals surface area contributed by atoms with Gasteiger partial charge in [0.25, 0.3) is 0 Å². The van der Waals surface area contributed by atoms with Gasteiger partial charge in [-0.3, -0.25) is 0 Å². The first-order valence-corrected chi connectivity index (χ1v) is 14.3. The number of primary sulfonamides is 1. The number of alkyl halides is 3. The number of imidazole rings is 1. The van der Waals surface area contributed by atoms with E-state index in [9.17, 15) is 26.0 Å². The minimum Gasteiger partial charge on any atom is -0.475 e. The maximum atomic E-state index is 13.2. The Labute approximate surface area is 254 Å². The molecule has 5 rings (SSSR count). The molecule has 0 unspecified atom stereocenters. The Balaban J connectivity index is 0.000000591. The summed E-state index contributed by atoms with van der Waals surface area (Å²) < 4.78 is 70.6. The molecule has 45 heavy (non-hydrogen) atoms. The number of rotatable bonds is 7. The van der Waals surface area contributed by atoms with Crippen molar-refractivity contribution >= 4 is 61.8 Å². The lowest BCUT2D eigenvalue weighted by Gasteiger charge is -2.19. The van der Waals surface area contributed by atoms with Gasteiger partial charge >= 0.3 is 12.1 Å². The van der Waals surface area contributed by atoms with Crippen molar-refractivity contribution in [2.75, 3.05) is 22.6 Å². The Kier molecular flexibility index (Phi) is 9.24. The van der Waals surface area contributed by atoms with Crippen molar-refractivity contribution in [3.8, 4) is 0 Å². The predicted octanol–water partition coefficient (Wildman–Crippen LogP) is 5.35. The fourth-order valence-corrected chi connectivity index (χ4v) is 4.82. The summed E-state index contributed by atoms with van der Waals surface area (Å²) in [4.78, 5) is 24.4. The van der Waals surface area contributed by atoms with Crippen LogP contribution in [0, 0.1) is 12.7 Å². The van der Waals surface area contributed by atoms with Gasteiger partial charge in [-0.25, -0.2) is 32.7 Å². The maximum absolute atomic E-state index is 13.2. The van der Waals surface area contributed by atoms with Crippen LogP contribution in [0.1, 0.15) is 5.56 Å². The van der Waals surface area contributed by atoms with Crippen molar-refractivity contribution in [1.82, 2.24) is 19.5 Å². The zero-order chi connectivity index (χ0) is 33.1. The van der Waals surface area contributed by atoms with Crippen LogP contribution in [0.5, 0.6) is 0 Å². The van der Waals surface area contributed by atoms with E-state index in [-0.39, 0.29) is 10.7 Å². The van der Waals surface area contributed by atoms with Gasteiger partial charge in [0.15, 0.2) is 0 Å². The Bertz CT molecular complexity index is 1970. The van der Waals surface area contributed by atoms with E-state index in [0.29, 0.717) is 29.0 Å². The van der Waals surface area contributed by atoms with Crippen molar-refractivity contribution in [2.45, 2.75) is 18.0 Å². The van der Waals surface area contributed by atoms with Crippen molar-refractivity contribution in [1.29, 1.82) is 0 Å². The first kappa shape index (κ1) is 32.6. The molecule has 0 radical (unpaired) electrons. The molecule has 2 aromatic heterocycles. The van der Waals surface area contributed by atoms with Crippen LogP contribution in [0.25, 0.3) is 11.0 Å². The van der Waals surface area contributed by atoms with Crippen LogP contribution >= 0.6 is 0 Å². The van der Waals surface area contributed by atoms with Crippen molar-refractivity contribution in [3.63, 3.8) is 0 Å². The van der Waals surface area contributed by atoms with E-state index in [4.69, 9.17) is 20.0 Å². The molecule has 2 heterocycles. The van der Waals surface area contributed by atoms with Gasteiger partial charge < -0.3 is 25.2 Å². The highest BCUT2D eigenvalue weighted by atomic mass is 32.2. The van der Waals surface area contributed by atoms with Gasteiger partial charge in [0.05, 0.1) is 15.9 Å². The monoisotopic (exact) mass is 646 g/mol. The van der Waals surface area contributed by atoms with Crippen LogP contribution < -0.4 is 20.7 Å². The number of carboxylic acids is 1. The molecule has 5 aromatic rings. The molecule has 0 aliphatic heterocycles. The molecule has 0 amide bonds. The highest BCUT2D eigenvalue weighted by Gasteiger charge is 2.38. The van der Waals surface area contributed by atoms with Crippen LogP contribution in [-0.4, -0.2) is 52.2 Å². The molecule has 3 aromatic carbocycles. The molecular formula is C28H26F4N8O4S. The van der Waals surface area contributed by atoms with E-state index >= 15 is 0 Å². The number of carbonyl (C=O) groups is 1. The molecule has 0 fully saturated rings. The Morgan fingerprint density at radius 3 is 2.24 bits per heavy atom. The molecule has 0 aliphatic rings. The maximum Gasteiger partial charge on any atom is 0.490 e. The number of anilines is 6. The number of aliphatic carboxylic acids is 1. The number of nitrogens with zero attached hydrogens (tertiary/aromatic N) is 5. The van der Waals surface area contributed by atoms with E-state index in [1.165, 1.54) is 18.2 Å². The SMILES string of the molecule is Cc1ccc(Nc2nccc(N(C)c3ccc4c(c3)nc(Nc3ccc(F)cc3)n4C)n2)cc1S(N)(=O)=O.O=C(O)C(F)(F)F. The highest BCUT2D eigenvalue weighted by Crippen LogP contribution is 2.29. The molecule has 12 nitrogen and oxygen atoms in total. The van der Waals surface area contributed by atoms with Crippen LogP contribution in [0.15, 0.2) is 77.8 Å². The minimum atomic E-state index is -5.08. The summed E-state index contributed by atoms with van der Waals surface area (Å²) in [6.45, 7) is 1.68. The molecule has 5 N–H and O–H groups in total. The van der Waals surface area contributed by atoms with Crippen LogP contribution in [0.2, 0.25) is 0 Å². The van der Waals surface area contributed by atoms with Gasteiger partial charge in [0, 0.05) is 37.4 Å². The summed E-state index contributed by atoms with van der Waals surface area (Å²) in [5.74, 6) is -1.53. The average Bonchev–Trinajstić information content (AvgIpc) is 3.28. The van der Waals surface area contributed by atoms with Crippen LogP contribution in [0.4, 0.5) is 52.3 Å². The number of halogens is 4. The summed E-state index contributed by atoms with van der Waals surface area (Å²) in [7, 11) is -0.0851. The third-order valence-corrected chi connectivity index (χ3v) is 7.38. The molecule has 0 atom stereocenters. The van der Waals surface area contributed by atoms with E-state index in [1.807, 2.05) is 41.8 Å². The predicted molar refractivity (Wildman–Crippen MR) is 160 cm³/mol. The molecule has 236 valence electrons. The lowest BCUT2D eigenvalue weighted by Crippen LogP contribution is -2.21. The normalized spacial score (nSPS) is 11.5. The smallest absolute Gasteiger partial charge is 0.475 e. The number of hydrogen-bond acceptors (Lipinski definition) is 9. The Hall–Kier alpha value is -5.29. The zero-order valence-electron chi connectivity index (χ0n) is 23.8. The van der Waals surface area contributed by atoms with Crippen molar-refractivity contribution in [3.05, 3.63) is 84.3 Å². The molecule has 0 bridgehead atoms. The lowest BCUT2D eigenvalue weighted by molar-refractivity contribution is -0.192. The number of nitrogens with two attached hydrogens (primary N) is 1. The fraction of sp³-hybridized carbons (Fsp3) is 0.143. The third-order valence-electron chi connectivity index (χ3n) is 6.33. The second-order valence-corrected chi connectivity index (χ2v) is 11.1. The number of aromatic nitrogens is 4. The molecule has 0 saturated heterocycles. The summed E-state index contributed by atoms with van der Waals surface area (Å²) in [5, 5.41) is 18.7. The Morgan fingerprint density at radius 2 is 1.62 bits per heavy atom. The Morgan fingerprint density at radius 1 is 0.978 bits per heavy atom. The van der Waals surface area contributed by atoms with Crippen LogP contribution in [0.3, 0.4) is 0 Å². The summed E-state index contributed by atoms with van der Waals surface area (Å²) >= 11 is 0. The summed E-state index contributed by atoms with van der Waals surface area (Å²) in [6.07, 6.45) is -3.47. The fourth-order valence-electron chi connectivity index (χ4n) is 4.01. The quantitative estimate of drug-likeness (QED) is 0.169. The number of nitrogens with one attached hydrogen (secondary N) is 2. The molecule has 0 saturated carbocycles. The van der Waals surface area contributed by atoms with Gasteiger partial charge in [-0.05, 0) is 73.2 Å². The number of sulfonamides is 1.